The first-order valence-corrected chi connectivity index (χ1v) is 7.75. The van der Waals surface area contributed by atoms with Crippen LogP contribution in [0.2, 0.25) is 20.1 Å². The van der Waals surface area contributed by atoms with Gasteiger partial charge in [0.05, 0.1) is 15.6 Å². The Kier molecular flexibility index (Phi) is 6.13. The van der Waals surface area contributed by atoms with Gasteiger partial charge in [0, 0.05) is 15.7 Å². The van der Waals surface area contributed by atoms with E-state index in [1.165, 1.54) is 30.3 Å². The molecule has 0 unspecified atom stereocenters. The van der Waals surface area contributed by atoms with E-state index in [0.717, 1.165) is 0 Å². The zero-order chi connectivity index (χ0) is 17.0. The number of esters is 1. The van der Waals surface area contributed by atoms with Crippen molar-refractivity contribution >= 4 is 64.0 Å². The van der Waals surface area contributed by atoms with Gasteiger partial charge in [-0.25, -0.2) is 4.79 Å². The molecule has 0 heterocycles. The van der Waals surface area contributed by atoms with Gasteiger partial charge in [-0.2, -0.15) is 0 Å². The molecule has 2 rings (SSSR count). The summed E-state index contributed by atoms with van der Waals surface area (Å²) in [6, 6.07) is 9.10. The minimum Gasteiger partial charge on any atom is -0.452 e. The van der Waals surface area contributed by atoms with E-state index in [9.17, 15) is 9.59 Å². The van der Waals surface area contributed by atoms with Crippen molar-refractivity contribution in [1.29, 1.82) is 0 Å². The smallest absolute Gasteiger partial charge is 0.340 e. The molecule has 1 amide bonds. The molecule has 0 fully saturated rings. The Morgan fingerprint density at radius 2 is 1.65 bits per heavy atom. The van der Waals surface area contributed by atoms with Crippen LogP contribution in [-0.2, 0) is 9.53 Å². The Morgan fingerprint density at radius 3 is 2.30 bits per heavy atom. The summed E-state index contributed by atoms with van der Waals surface area (Å²) in [4.78, 5) is 23.7. The third kappa shape index (κ3) is 5.01. The van der Waals surface area contributed by atoms with Crippen LogP contribution in [0.25, 0.3) is 0 Å². The second-order valence-corrected chi connectivity index (χ2v) is 6.04. The molecule has 4 nitrogen and oxygen atoms in total. The average molecular weight is 393 g/mol. The van der Waals surface area contributed by atoms with Crippen LogP contribution in [0.1, 0.15) is 10.4 Å². The van der Waals surface area contributed by atoms with E-state index in [1.54, 1.807) is 6.07 Å². The van der Waals surface area contributed by atoms with Crippen LogP contribution < -0.4 is 5.32 Å². The van der Waals surface area contributed by atoms with Gasteiger partial charge < -0.3 is 10.1 Å². The normalized spacial score (nSPS) is 10.3. The first-order valence-electron chi connectivity index (χ1n) is 6.24. The number of anilines is 1. The first kappa shape index (κ1) is 17.9. The van der Waals surface area contributed by atoms with Crippen LogP contribution in [0.5, 0.6) is 0 Å². The molecule has 0 radical (unpaired) electrons. The van der Waals surface area contributed by atoms with Crippen molar-refractivity contribution in [2.75, 3.05) is 11.9 Å². The molecular formula is C15H9Cl4NO3. The Hall–Kier alpha value is -1.46. The molecule has 0 atom stereocenters. The molecule has 0 bridgehead atoms. The SMILES string of the molecule is O=C(COC(=O)c1cccc(Cl)c1Cl)Nc1cc(Cl)cc(Cl)c1. The van der Waals surface area contributed by atoms with Crippen molar-refractivity contribution in [2.45, 2.75) is 0 Å². The van der Waals surface area contributed by atoms with Crippen LogP contribution in [0.3, 0.4) is 0 Å². The Bertz CT molecular complexity index is 744. The zero-order valence-corrected chi connectivity index (χ0v) is 14.4. The van der Waals surface area contributed by atoms with Crippen LogP contribution in [0, 0.1) is 0 Å². The van der Waals surface area contributed by atoms with Crippen molar-refractivity contribution in [3.8, 4) is 0 Å². The minimum absolute atomic E-state index is 0.0706. The number of ether oxygens (including phenoxy) is 1. The predicted molar refractivity (Wildman–Crippen MR) is 91.8 cm³/mol. The van der Waals surface area contributed by atoms with Crippen LogP contribution in [0.4, 0.5) is 5.69 Å². The lowest BCUT2D eigenvalue weighted by Gasteiger charge is -2.08. The number of benzene rings is 2. The molecule has 1 N–H and O–H groups in total. The highest BCUT2D eigenvalue weighted by Crippen LogP contribution is 2.26. The van der Waals surface area contributed by atoms with Gasteiger partial charge in [0.25, 0.3) is 5.91 Å². The molecule has 0 aliphatic rings. The Morgan fingerprint density at radius 1 is 1.00 bits per heavy atom. The maximum absolute atomic E-state index is 11.9. The largest absolute Gasteiger partial charge is 0.452 e. The van der Waals surface area contributed by atoms with Crippen molar-refractivity contribution < 1.29 is 14.3 Å². The van der Waals surface area contributed by atoms with Gasteiger partial charge in [0.15, 0.2) is 6.61 Å². The number of carbonyl (C=O) groups excluding carboxylic acids is 2. The summed E-state index contributed by atoms with van der Waals surface area (Å²) in [6.07, 6.45) is 0. The third-order valence-electron chi connectivity index (χ3n) is 2.65. The van der Waals surface area contributed by atoms with Gasteiger partial charge in [-0.15, -0.1) is 0 Å². The van der Waals surface area contributed by atoms with Gasteiger partial charge in [-0.1, -0.05) is 52.5 Å². The summed E-state index contributed by atoms with van der Waals surface area (Å²) in [7, 11) is 0. The summed E-state index contributed by atoms with van der Waals surface area (Å²) in [5, 5.41) is 3.55. The van der Waals surface area contributed by atoms with E-state index in [1.807, 2.05) is 0 Å². The molecule has 0 spiro atoms. The first-order chi connectivity index (χ1) is 10.9. The fourth-order valence-electron chi connectivity index (χ4n) is 1.69. The number of nitrogens with one attached hydrogen (secondary N) is 1. The van der Waals surface area contributed by atoms with Gasteiger partial charge in [-0.3, -0.25) is 4.79 Å². The summed E-state index contributed by atoms with van der Waals surface area (Å²) in [5.41, 5.74) is 0.474. The van der Waals surface area contributed by atoms with Crippen molar-refractivity contribution in [2.24, 2.45) is 0 Å². The molecular weight excluding hydrogens is 384 g/mol. The molecule has 2 aromatic rings. The highest BCUT2D eigenvalue weighted by Gasteiger charge is 2.15. The Labute approximate surface area is 152 Å². The second-order valence-electron chi connectivity index (χ2n) is 4.38. The van der Waals surface area contributed by atoms with E-state index < -0.39 is 18.5 Å². The fraction of sp³-hybridized carbons (Fsp3) is 0.0667. The maximum Gasteiger partial charge on any atom is 0.340 e. The van der Waals surface area contributed by atoms with Crippen LogP contribution in [0.15, 0.2) is 36.4 Å². The quantitative estimate of drug-likeness (QED) is 0.736. The number of carbonyl (C=O) groups is 2. The molecule has 0 saturated carbocycles. The zero-order valence-electron chi connectivity index (χ0n) is 11.4. The number of hydrogen-bond donors (Lipinski definition) is 1. The lowest BCUT2D eigenvalue weighted by Crippen LogP contribution is -2.21. The molecule has 0 aliphatic heterocycles. The molecule has 23 heavy (non-hydrogen) atoms. The average Bonchev–Trinajstić information content (AvgIpc) is 2.46. The third-order valence-corrected chi connectivity index (χ3v) is 3.91. The number of hydrogen-bond acceptors (Lipinski definition) is 3. The van der Waals surface area contributed by atoms with Gasteiger partial charge in [0.1, 0.15) is 0 Å². The van der Waals surface area contributed by atoms with Crippen molar-refractivity contribution in [1.82, 2.24) is 0 Å². The summed E-state index contributed by atoms with van der Waals surface area (Å²) in [6.45, 7) is -0.494. The standard InChI is InChI=1S/C15H9Cl4NO3/c16-8-4-9(17)6-10(5-8)20-13(21)7-23-15(22)11-2-1-3-12(18)14(11)19/h1-6H,7H2,(H,20,21). The predicted octanol–water partition coefficient (Wildman–Crippen LogP) is 5.10. The van der Waals surface area contributed by atoms with E-state index in [2.05, 4.69) is 5.32 Å². The van der Waals surface area contributed by atoms with E-state index >= 15 is 0 Å². The highest BCUT2D eigenvalue weighted by atomic mass is 35.5. The molecule has 120 valence electrons. The molecule has 8 heteroatoms. The molecule has 0 aliphatic carbocycles. The number of amides is 1. The van der Waals surface area contributed by atoms with Crippen molar-refractivity contribution in [3.05, 3.63) is 62.1 Å². The highest BCUT2D eigenvalue weighted by molar-refractivity contribution is 6.43. The second kappa shape index (κ2) is 7.88. The van der Waals surface area contributed by atoms with Crippen LogP contribution in [-0.4, -0.2) is 18.5 Å². The summed E-state index contributed by atoms with van der Waals surface area (Å²) >= 11 is 23.4. The summed E-state index contributed by atoms with van der Waals surface area (Å²) < 4.78 is 4.90. The van der Waals surface area contributed by atoms with Gasteiger partial charge in [-0.05, 0) is 30.3 Å². The van der Waals surface area contributed by atoms with E-state index in [0.29, 0.717) is 15.7 Å². The number of halogens is 4. The topological polar surface area (TPSA) is 55.4 Å². The van der Waals surface area contributed by atoms with Crippen LogP contribution >= 0.6 is 46.4 Å². The van der Waals surface area contributed by atoms with E-state index in [-0.39, 0.29) is 15.6 Å². The summed E-state index contributed by atoms with van der Waals surface area (Å²) in [5.74, 6) is -1.30. The Balaban J connectivity index is 1.96. The maximum atomic E-state index is 11.9. The molecule has 0 saturated heterocycles. The van der Waals surface area contributed by atoms with Crippen molar-refractivity contribution in [3.63, 3.8) is 0 Å². The molecule has 2 aromatic carbocycles. The number of rotatable bonds is 4. The van der Waals surface area contributed by atoms with Gasteiger partial charge in [0.2, 0.25) is 0 Å². The van der Waals surface area contributed by atoms with Gasteiger partial charge >= 0.3 is 5.97 Å². The van der Waals surface area contributed by atoms with E-state index in [4.69, 9.17) is 51.1 Å². The lowest BCUT2D eigenvalue weighted by atomic mass is 10.2. The fourth-order valence-corrected chi connectivity index (χ4v) is 2.60. The lowest BCUT2D eigenvalue weighted by molar-refractivity contribution is -0.119. The minimum atomic E-state index is -0.753. The molecule has 0 aromatic heterocycles. The monoisotopic (exact) mass is 391 g/mol.